The van der Waals surface area contributed by atoms with E-state index in [0.717, 1.165) is 51.6 Å². The first-order chi connectivity index (χ1) is 16.3. The molecule has 6 heteroatoms. The summed E-state index contributed by atoms with van der Waals surface area (Å²) in [4.78, 5) is 31.1. The molecule has 1 aromatic rings. The Bertz CT molecular complexity index is 877. The SMILES string of the molecule is CCC(CC1CCC(C)N1C(C)=O)N1CCC2(CC[C@@H](NC(=O)N(C)C)c3ccccc32)CC1. The van der Waals surface area contributed by atoms with Crippen LogP contribution in [0.25, 0.3) is 0 Å². The molecule has 6 nitrogen and oxygen atoms in total. The molecule has 0 radical (unpaired) electrons. The van der Waals surface area contributed by atoms with Crippen molar-refractivity contribution in [3.05, 3.63) is 35.4 Å². The highest BCUT2D eigenvalue weighted by atomic mass is 16.2. The van der Waals surface area contributed by atoms with Crippen LogP contribution in [0.5, 0.6) is 0 Å². The molecule has 2 aliphatic heterocycles. The van der Waals surface area contributed by atoms with E-state index in [1.165, 1.54) is 24.0 Å². The first kappa shape index (κ1) is 25.0. The molecule has 2 saturated heterocycles. The predicted octanol–water partition coefficient (Wildman–Crippen LogP) is 4.69. The number of hydrogen-bond acceptors (Lipinski definition) is 3. The second-order valence-corrected chi connectivity index (χ2v) is 11.1. The Balaban J connectivity index is 1.44. The van der Waals surface area contributed by atoms with Gasteiger partial charge in [-0.1, -0.05) is 31.2 Å². The zero-order valence-electron chi connectivity index (χ0n) is 21.8. The van der Waals surface area contributed by atoms with Gasteiger partial charge in [-0.05, 0) is 87.9 Å². The van der Waals surface area contributed by atoms with Crippen molar-refractivity contribution in [1.29, 1.82) is 0 Å². The quantitative estimate of drug-likeness (QED) is 0.682. The predicted molar refractivity (Wildman–Crippen MR) is 137 cm³/mol. The van der Waals surface area contributed by atoms with Gasteiger partial charge >= 0.3 is 6.03 Å². The van der Waals surface area contributed by atoms with Crippen LogP contribution in [-0.2, 0) is 10.2 Å². The number of rotatable bonds is 5. The highest BCUT2D eigenvalue weighted by Gasteiger charge is 2.43. The van der Waals surface area contributed by atoms with E-state index in [1.54, 1.807) is 25.9 Å². The fourth-order valence-corrected chi connectivity index (χ4v) is 7.02. The van der Waals surface area contributed by atoms with Gasteiger partial charge in [0.2, 0.25) is 5.91 Å². The molecule has 188 valence electrons. The monoisotopic (exact) mass is 468 g/mol. The van der Waals surface area contributed by atoms with Crippen molar-refractivity contribution in [3.8, 4) is 0 Å². The van der Waals surface area contributed by atoms with Gasteiger partial charge in [0.15, 0.2) is 0 Å². The third kappa shape index (κ3) is 4.84. The molecular formula is C28H44N4O2. The standard InChI is InChI=1S/C28H44N4O2/c1-6-22(19-23-12-11-20(2)32(23)21(3)33)31-17-15-28(16-18-31)14-13-26(29-27(34)30(4)5)24-9-7-8-10-25(24)28/h7-10,20,22-23,26H,6,11-19H2,1-5H3,(H,29,34)/t20?,22?,23?,26-/m1/s1. The smallest absolute Gasteiger partial charge is 0.317 e. The summed E-state index contributed by atoms with van der Waals surface area (Å²) in [5.74, 6) is 0.233. The van der Waals surface area contributed by atoms with Crippen LogP contribution >= 0.6 is 0 Å². The highest BCUT2D eigenvalue weighted by molar-refractivity contribution is 5.74. The van der Waals surface area contributed by atoms with E-state index in [1.807, 2.05) is 0 Å². The average Bonchev–Trinajstić information content (AvgIpc) is 3.20. The highest BCUT2D eigenvalue weighted by Crippen LogP contribution is 2.48. The topological polar surface area (TPSA) is 55.9 Å². The van der Waals surface area contributed by atoms with Gasteiger partial charge in [0.05, 0.1) is 6.04 Å². The largest absolute Gasteiger partial charge is 0.337 e. The maximum absolute atomic E-state index is 12.4. The molecule has 3 unspecified atom stereocenters. The van der Waals surface area contributed by atoms with Gasteiger partial charge in [-0.2, -0.15) is 0 Å². The number of urea groups is 1. The van der Waals surface area contributed by atoms with Crippen molar-refractivity contribution in [2.24, 2.45) is 0 Å². The molecule has 0 saturated carbocycles. The maximum atomic E-state index is 12.4. The molecule has 34 heavy (non-hydrogen) atoms. The molecule has 2 fully saturated rings. The van der Waals surface area contributed by atoms with Gasteiger partial charge in [-0.25, -0.2) is 4.79 Å². The van der Waals surface area contributed by atoms with Gasteiger partial charge in [0.1, 0.15) is 0 Å². The summed E-state index contributed by atoms with van der Waals surface area (Å²) in [6.45, 7) is 8.46. The molecular weight excluding hydrogens is 424 g/mol. The summed E-state index contributed by atoms with van der Waals surface area (Å²) in [6.07, 6.45) is 8.99. The Hall–Kier alpha value is -2.08. The van der Waals surface area contributed by atoms with Crippen molar-refractivity contribution in [1.82, 2.24) is 20.0 Å². The molecule has 1 aliphatic carbocycles. The van der Waals surface area contributed by atoms with E-state index in [9.17, 15) is 9.59 Å². The fraction of sp³-hybridized carbons (Fsp3) is 0.714. The van der Waals surface area contributed by atoms with Crippen molar-refractivity contribution in [3.63, 3.8) is 0 Å². The lowest BCUT2D eigenvalue weighted by atomic mass is 9.63. The summed E-state index contributed by atoms with van der Waals surface area (Å²) in [5, 5.41) is 3.23. The molecule has 1 N–H and O–H groups in total. The number of carbonyl (C=O) groups excluding carboxylic acids is 2. The number of carbonyl (C=O) groups is 2. The first-order valence-corrected chi connectivity index (χ1v) is 13.4. The second-order valence-electron chi connectivity index (χ2n) is 11.1. The second kappa shape index (κ2) is 10.3. The van der Waals surface area contributed by atoms with Crippen LogP contribution in [0.4, 0.5) is 4.79 Å². The zero-order chi connectivity index (χ0) is 24.5. The van der Waals surface area contributed by atoms with Crippen molar-refractivity contribution < 1.29 is 9.59 Å². The van der Waals surface area contributed by atoms with Crippen LogP contribution in [0.15, 0.2) is 24.3 Å². The summed E-state index contributed by atoms with van der Waals surface area (Å²) in [7, 11) is 3.60. The van der Waals surface area contributed by atoms with E-state index in [4.69, 9.17) is 0 Å². The lowest BCUT2D eigenvalue weighted by Crippen LogP contribution is -2.51. The molecule has 3 amide bonds. The number of fused-ring (bicyclic) bond motifs is 2. The van der Waals surface area contributed by atoms with Crippen LogP contribution in [-0.4, -0.2) is 71.9 Å². The van der Waals surface area contributed by atoms with Crippen molar-refractivity contribution in [2.75, 3.05) is 27.2 Å². The van der Waals surface area contributed by atoms with Crippen LogP contribution in [0.3, 0.4) is 0 Å². The van der Waals surface area contributed by atoms with Crippen molar-refractivity contribution >= 4 is 11.9 Å². The Kier molecular flexibility index (Phi) is 7.56. The Labute approximate surface area is 206 Å². The van der Waals surface area contributed by atoms with Gasteiger partial charge in [-0.3, -0.25) is 4.79 Å². The number of piperidine rings is 1. The number of nitrogens with one attached hydrogen (secondary N) is 1. The fourth-order valence-electron chi connectivity index (χ4n) is 7.02. The third-order valence-corrected chi connectivity index (χ3v) is 8.96. The molecule has 4 atom stereocenters. The molecule has 2 heterocycles. The number of benzene rings is 1. The van der Waals surface area contributed by atoms with E-state index in [0.29, 0.717) is 18.1 Å². The summed E-state index contributed by atoms with van der Waals surface area (Å²) in [6, 6.07) is 10.2. The minimum atomic E-state index is -0.0165. The van der Waals surface area contributed by atoms with Gasteiger partial charge in [0.25, 0.3) is 0 Å². The lowest BCUT2D eigenvalue weighted by Gasteiger charge is -2.49. The number of nitrogens with zero attached hydrogens (tertiary/aromatic N) is 3. The number of hydrogen-bond donors (Lipinski definition) is 1. The molecule has 0 bridgehead atoms. The van der Waals surface area contributed by atoms with E-state index >= 15 is 0 Å². The van der Waals surface area contributed by atoms with E-state index < -0.39 is 0 Å². The molecule has 3 aliphatic rings. The van der Waals surface area contributed by atoms with Gasteiger partial charge < -0.3 is 20.0 Å². The zero-order valence-corrected chi connectivity index (χ0v) is 21.8. The third-order valence-electron chi connectivity index (χ3n) is 8.96. The number of amides is 3. The summed E-state index contributed by atoms with van der Waals surface area (Å²) < 4.78 is 0. The Morgan fingerprint density at radius 2 is 1.82 bits per heavy atom. The lowest BCUT2D eigenvalue weighted by molar-refractivity contribution is -0.131. The van der Waals surface area contributed by atoms with E-state index in [2.05, 4.69) is 53.2 Å². The van der Waals surface area contributed by atoms with Gasteiger partial charge in [0, 0.05) is 39.1 Å². The molecule has 1 aromatic carbocycles. The normalized spacial score (nSPS) is 27.3. The van der Waals surface area contributed by atoms with E-state index in [-0.39, 0.29) is 23.4 Å². The van der Waals surface area contributed by atoms with Crippen LogP contribution in [0.2, 0.25) is 0 Å². The minimum absolute atomic E-state index is 0.0165. The molecule has 1 spiro atoms. The van der Waals surface area contributed by atoms with Crippen LogP contribution in [0, 0.1) is 0 Å². The Morgan fingerprint density at radius 3 is 2.47 bits per heavy atom. The summed E-state index contributed by atoms with van der Waals surface area (Å²) in [5.41, 5.74) is 2.98. The maximum Gasteiger partial charge on any atom is 0.317 e. The first-order valence-electron chi connectivity index (χ1n) is 13.4. The molecule has 0 aromatic heterocycles. The average molecular weight is 469 g/mol. The minimum Gasteiger partial charge on any atom is -0.337 e. The number of likely N-dealkylation sites (tertiary alicyclic amines) is 2. The van der Waals surface area contributed by atoms with Crippen LogP contribution in [0.1, 0.15) is 89.3 Å². The Morgan fingerprint density at radius 1 is 1.12 bits per heavy atom. The van der Waals surface area contributed by atoms with Crippen molar-refractivity contribution in [2.45, 2.75) is 102 Å². The van der Waals surface area contributed by atoms with Gasteiger partial charge in [-0.15, -0.1) is 0 Å². The van der Waals surface area contributed by atoms with Crippen LogP contribution < -0.4 is 5.32 Å². The summed E-state index contributed by atoms with van der Waals surface area (Å²) >= 11 is 0. The molecule has 4 rings (SSSR count).